The monoisotopic (exact) mass is 255 g/mol. The lowest BCUT2D eigenvalue weighted by molar-refractivity contribution is 0.887. The normalized spacial score (nSPS) is 13.6. The van der Waals surface area contributed by atoms with Crippen LogP contribution < -0.4 is 5.73 Å². The third kappa shape index (κ3) is 1.30. The first kappa shape index (κ1) is 10.3. The molecule has 4 heteroatoms. The molecular formula is C14H13N3S. The molecule has 18 heavy (non-hydrogen) atoms. The molecule has 3 heterocycles. The van der Waals surface area contributed by atoms with Crippen molar-refractivity contribution in [3.8, 4) is 11.3 Å². The molecule has 0 fully saturated rings. The first-order valence-electron chi connectivity index (χ1n) is 6.13. The Hall–Kier alpha value is -1.65. The van der Waals surface area contributed by atoms with E-state index in [1.807, 2.05) is 11.3 Å². The van der Waals surface area contributed by atoms with Gasteiger partial charge in [-0.3, -0.25) is 0 Å². The van der Waals surface area contributed by atoms with Crippen molar-refractivity contribution in [1.29, 1.82) is 0 Å². The van der Waals surface area contributed by atoms with Gasteiger partial charge in [0.1, 0.15) is 5.65 Å². The van der Waals surface area contributed by atoms with Crippen LogP contribution in [0.3, 0.4) is 0 Å². The Balaban J connectivity index is 2.04. The second kappa shape index (κ2) is 3.67. The molecule has 1 aliphatic rings. The highest BCUT2D eigenvalue weighted by Gasteiger charge is 2.22. The Morgan fingerprint density at radius 3 is 3.11 bits per heavy atom. The van der Waals surface area contributed by atoms with Gasteiger partial charge in [-0.05, 0) is 35.9 Å². The summed E-state index contributed by atoms with van der Waals surface area (Å²) in [5, 5.41) is 2.16. The van der Waals surface area contributed by atoms with E-state index in [1.165, 1.54) is 16.1 Å². The average Bonchev–Trinajstić information content (AvgIpc) is 3.01. The molecule has 3 aromatic heterocycles. The van der Waals surface area contributed by atoms with Crippen LogP contribution in [0, 0.1) is 0 Å². The van der Waals surface area contributed by atoms with Crippen molar-refractivity contribution in [3.05, 3.63) is 45.9 Å². The minimum atomic E-state index is 0.576. The van der Waals surface area contributed by atoms with Gasteiger partial charge in [-0.2, -0.15) is 0 Å². The number of hydrogen-bond donors (Lipinski definition) is 1. The summed E-state index contributed by atoms with van der Waals surface area (Å²) < 4.78 is 2.21. The number of rotatable bonds is 1. The minimum Gasteiger partial charge on any atom is -0.326 e. The molecule has 0 unspecified atom stereocenters. The number of fused-ring (bicyclic) bond motifs is 5. The van der Waals surface area contributed by atoms with Crippen LogP contribution in [0.15, 0.2) is 29.8 Å². The number of aryl methyl sites for hydroxylation is 2. The number of nitrogens with zero attached hydrogens (tertiary/aromatic N) is 2. The average molecular weight is 255 g/mol. The molecule has 0 aliphatic heterocycles. The summed E-state index contributed by atoms with van der Waals surface area (Å²) in [6.07, 6.45) is 4.32. The highest BCUT2D eigenvalue weighted by molar-refractivity contribution is 7.10. The predicted molar refractivity (Wildman–Crippen MR) is 73.8 cm³/mol. The van der Waals surface area contributed by atoms with E-state index in [9.17, 15) is 0 Å². The molecule has 0 saturated heterocycles. The predicted octanol–water partition coefficient (Wildman–Crippen LogP) is 2.62. The SMILES string of the molecule is NCc1ccc2nc3c(n2c1)CCc1sccc1-3. The van der Waals surface area contributed by atoms with Gasteiger partial charge >= 0.3 is 0 Å². The fourth-order valence-electron chi connectivity index (χ4n) is 2.69. The zero-order chi connectivity index (χ0) is 12.1. The van der Waals surface area contributed by atoms with Crippen LogP contribution in [0.1, 0.15) is 16.1 Å². The van der Waals surface area contributed by atoms with Crippen molar-refractivity contribution >= 4 is 17.0 Å². The summed E-state index contributed by atoms with van der Waals surface area (Å²) >= 11 is 1.84. The molecule has 0 radical (unpaired) electrons. The largest absolute Gasteiger partial charge is 0.326 e. The summed E-state index contributed by atoms with van der Waals surface area (Å²) in [7, 11) is 0. The second-order valence-electron chi connectivity index (χ2n) is 4.63. The van der Waals surface area contributed by atoms with Gasteiger partial charge in [0, 0.05) is 23.2 Å². The quantitative estimate of drug-likeness (QED) is 0.726. The third-order valence-corrected chi connectivity index (χ3v) is 4.58. The molecule has 0 amide bonds. The van der Waals surface area contributed by atoms with Gasteiger partial charge in [-0.25, -0.2) is 4.98 Å². The molecule has 0 spiro atoms. The summed E-state index contributed by atoms with van der Waals surface area (Å²) in [6, 6.07) is 6.31. The molecule has 90 valence electrons. The molecule has 3 aromatic rings. The van der Waals surface area contributed by atoms with Crippen molar-refractivity contribution in [2.75, 3.05) is 0 Å². The van der Waals surface area contributed by atoms with Gasteiger partial charge in [0.25, 0.3) is 0 Å². The maximum absolute atomic E-state index is 5.71. The van der Waals surface area contributed by atoms with E-state index in [0.29, 0.717) is 6.54 Å². The maximum atomic E-state index is 5.71. The van der Waals surface area contributed by atoms with E-state index in [1.54, 1.807) is 0 Å². The molecular weight excluding hydrogens is 242 g/mol. The summed E-state index contributed by atoms with van der Waals surface area (Å²) in [5.41, 5.74) is 11.7. The molecule has 0 bridgehead atoms. The molecule has 0 saturated carbocycles. The molecule has 0 aromatic carbocycles. The maximum Gasteiger partial charge on any atom is 0.137 e. The van der Waals surface area contributed by atoms with Crippen LogP contribution in [-0.2, 0) is 19.4 Å². The Bertz CT molecular complexity index is 739. The summed E-state index contributed by atoms with van der Waals surface area (Å²) in [4.78, 5) is 6.23. The Morgan fingerprint density at radius 1 is 1.28 bits per heavy atom. The van der Waals surface area contributed by atoms with Crippen LogP contribution >= 0.6 is 11.3 Å². The number of thiophene rings is 1. The minimum absolute atomic E-state index is 0.576. The number of imidazole rings is 1. The van der Waals surface area contributed by atoms with Crippen molar-refractivity contribution in [3.63, 3.8) is 0 Å². The van der Waals surface area contributed by atoms with E-state index in [-0.39, 0.29) is 0 Å². The lowest BCUT2D eigenvalue weighted by Crippen LogP contribution is -2.04. The Kier molecular flexibility index (Phi) is 2.10. The standard InChI is InChI=1S/C14H13N3S/c15-7-9-1-4-13-16-14-10-5-6-18-12(10)3-2-11(14)17(13)8-9/h1,4-6,8H,2-3,7,15H2. The lowest BCUT2D eigenvalue weighted by Gasteiger charge is -2.11. The van der Waals surface area contributed by atoms with Gasteiger partial charge in [0.15, 0.2) is 0 Å². The van der Waals surface area contributed by atoms with Crippen molar-refractivity contribution in [1.82, 2.24) is 9.38 Å². The van der Waals surface area contributed by atoms with Crippen LogP contribution in [0.5, 0.6) is 0 Å². The molecule has 3 nitrogen and oxygen atoms in total. The van der Waals surface area contributed by atoms with Crippen LogP contribution in [0.4, 0.5) is 0 Å². The van der Waals surface area contributed by atoms with E-state index in [0.717, 1.165) is 29.7 Å². The zero-order valence-electron chi connectivity index (χ0n) is 9.89. The second-order valence-corrected chi connectivity index (χ2v) is 5.63. The van der Waals surface area contributed by atoms with E-state index in [4.69, 9.17) is 10.7 Å². The van der Waals surface area contributed by atoms with E-state index >= 15 is 0 Å². The smallest absolute Gasteiger partial charge is 0.137 e. The highest BCUT2D eigenvalue weighted by Crippen LogP contribution is 2.36. The number of pyridine rings is 1. The van der Waals surface area contributed by atoms with Crippen LogP contribution in [0.25, 0.3) is 16.9 Å². The Labute approximate surface area is 109 Å². The van der Waals surface area contributed by atoms with E-state index in [2.05, 4.69) is 34.2 Å². The number of aromatic nitrogens is 2. The summed E-state index contributed by atoms with van der Waals surface area (Å²) in [6.45, 7) is 0.576. The van der Waals surface area contributed by atoms with Crippen LogP contribution in [-0.4, -0.2) is 9.38 Å². The Morgan fingerprint density at radius 2 is 2.22 bits per heavy atom. The van der Waals surface area contributed by atoms with Gasteiger partial charge in [-0.15, -0.1) is 11.3 Å². The molecule has 0 atom stereocenters. The van der Waals surface area contributed by atoms with E-state index < -0.39 is 0 Å². The summed E-state index contributed by atoms with van der Waals surface area (Å²) in [5.74, 6) is 0. The van der Waals surface area contributed by atoms with Gasteiger partial charge in [0.2, 0.25) is 0 Å². The molecule has 1 aliphatic carbocycles. The van der Waals surface area contributed by atoms with Crippen molar-refractivity contribution in [2.45, 2.75) is 19.4 Å². The fourth-order valence-corrected chi connectivity index (χ4v) is 3.57. The van der Waals surface area contributed by atoms with Crippen molar-refractivity contribution < 1.29 is 0 Å². The number of hydrogen-bond acceptors (Lipinski definition) is 3. The molecule has 4 rings (SSSR count). The fraction of sp³-hybridized carbons (Fsp3) is 0.214. The first-order chi connectivity index (χ1) is 8.86. The van der Waals surface area contributed by atoms with Gasteiger partial charge in [0.05, 0.1) is 11.4 Å². The topological polar surface area (TPSA) is 43.3 Å². The van der Waals surface area contributed by atoms with Gasteiger partial charge < -0.3 is 10.1 Å². The third-order valence-electron chi connectivity index (χ3n) is 3.60. The lowest BCUT2D eigenvalue weighted by atomic mass is 10.0. The first-order valence-corrected chi connectivity index (χ1v) is 7.01. The van der Waals surface area contributed by atoms with Gasteiger partial charge in [-0.1, -0.05) is 6.07 Å². The number of nitrogens with two attached hydrogens (primary N) is 1. The van der Waals surface area contributed by atoms with Crippen molar-refractivity contribution in [2.24, 2.45) is 5.73 Å². The highest BCUT2D eigenvalue weighted by atomic mass is 32.1. The zero-order valence-corrected chi connectivity index (χ0v) is 10.7. The van der Waals surface area contributed by atoms with Crippen LogP contribution in [0.2, 0.25) is 0 Å². The molecule has 2 N–H and O–H groups in total.